The molecule has 0 aliphatic heterocycles. The van der Waals surface area contributed by atoms with Gasteiger partial charge in [-0.05, 0) is 18.2 Å². The minimum absolute atomic E-state index is 0.0885. The van der Waals surface area contributed by atoms with Crippen LogP contribution < -0.4 is 15.8 Å². The third-order valence-electron chi connectivity index (χ3n) is 3.89. The lowest BCUT2D eigenvalue weighted by Crippen LogP contribution is -2.15. The van der Waals surface area contributed by atoms with E-state index in [1.807, 2.05) is 0 Å². The molecule has 0 atom stereocenters. The lowest BCUT2D eigenvalue weighted by atomic mass is 10.1. The summed E-state index contributed by atoms with van der Waals surface area (Å²) < 4.78 is 38.2. The normalized spacial score (nSPS) is 11.2. The summed E-state index contributed by atoms with van der Waals surface area (Å²) in [6, 6.07) is 13.4. The summed E-state index contributed by atoms with van der Waals surface area (Å²) in [7, 11) is -4.61. The number of nitrogens with two attached hydrogens (primary N) is 1. The lowest BCUT2D eigenvalue weighted by molar-refractivity contribution is -0.131. The Morgan fingerprint density at radius 3 is 2.32 bits per heavy atom. The molecule has 3 aromatic carbocycles. The molecule has 144 valence electrons. The lowest BCUT2D eigenvalue weighted by Gasteiger charge is -2.16. The summed E-state index contributed by atoms with van der Waals surface area (Å²) in [5, 5.41) is 3.06. The van der Waals surface area contributed by atoms with Crippen molar-refractivity contribution in [1.29, 1.82) is 0 Å². The Morgan fingerprint density at radius 2 is 1.71 bits per heavy atom. The SMILES string of the molecule is CC(=O)Oc1cc(S(=O)(=O)O)c2ccccc2c1NC(=O)c1cccc(N)c1. The Balaban J connectivity index is 2.22. The predicted octanol–water partition coefficient (Wildman–Crippen LogP) is 2.85. The molecule has 8 nitrogen and oxygen atoms in total. The first kappa shape index (κ1) is 19.3. The van der Waals surface area contributed by atoms with E-state index in [2.05, 4.69) is 5.32 Å². The number of nitrogen functional groups attached to an aromatic ring is 1. The molecule has 0 heterocycles. The number of fused-ring (bicyclic) bond motifs is 1. The van der Waals surface area contributed by atoms with Crippen LogP contribution in [0.15, 0.2) is 59.5 Å². The van der Waals surface area contributed by atoms with Crippen LogP contribution in [-0.4, -0.2) is 24.8 Å². The van der Waals surface area contributed by atoms with Crippen LogP contribution in [0.2, 0.25) is 0 Å². The van der Waals surface area contributed by atoms with E-state index in [1.54, 1.807) is 30.3 Å². The highest BCUT2D eigenvalue weighted by Crippen LogP contribution is 2.38. The summed E-state index contributed by atoms with van der Waals surface area (Å²) in [5.41, 5.74) is 6.44. The summed E-state index contributed by atoms with van der Waals surface area (Å²) in [4.78, 5) is 23.7. The molecule has 0 aliphatic carbocycles. The van der Waals surface area contributed by atoms with Crippen molar-refractivity contribution in [3.63, 3.8) is 0 Å². The highest BCUT2D eigenvalue weighted by atomic mass is 32.2. The van der Waals surface area contributed by atoms with Crippen LogP contribution in [0.5, 0.6) is 5.75 Å². The fraction of sp³-hybridized carbons (Fsp3) is 0.0526. The highest BCUT2D eigenvalue weighted by Gasteiger charge is 2.22. The molecule has 0 radical (unpaired) electrons. The molecular weight excluding hydrogens is 384 g/mol. The number of ether oxygens (including phenoxy) is 1. The van der Waals surface area contributed by atoms with Gasteiger partial charge in [0.1, 0.15) is 4.90 Å². The Hall–Kier alpha value is -3.43. The van der Waals surface area contributed by atoms with Crippen LogP contribution in [0.3, 0.4) is 0 Å². The molecule has 0 bridgehead atoms. The third kappa shape index (κ3) is 3.95. The number of hydrogen-bond donors (Lipinski definition) is 3. The summed E-state index contributed by atoms with van der Waals surface area (Å²) >= 11 is 0. The predicted molar refractivity (Wildman–Crippen MR) is 104 cm³/mol. The van der Waals surface area contributed by atoms with Gasteiger partial charge >= 0.3 is 5.97 Å². The zero-order chi connectivity index (χ0) is 20.5. The molecule has 4 N–H and O–H groups in total. The zero-order valence-electron chi connectivity index (χ0n) is 14.7. The molecule has 0 fully saturated rings. The van der Waals surface area contributed by atoms with Crippen molar-refractivity contribution in [2.75, 3.05) is 11.1 Å². The maximum atomic E-state index is 12.7. The standard InChI is InChI=1S/C19H16N2O6S/c1-11(22)27-16-10-17(28(24,25)26)14-7-2-3-8-15(14)18(16)21-19(23)12-5-4-6-13(20)9-12/h2-10H,20H2,1H3,(H,21,23)(H,24,25,26). The van der Waals surface area contributed by atoms with Gasteiger partial charge in [0.15, 0.2) is 5.75 Å². The van der Waals surface area contributed by atoms with E-state index in [-0.39, 0.29) is 27.8 Å². The first-order valence-corrected chi connectivity index (χ1v) is 9.49. The minimum Gasteiger partial charge on any atom is -0.424 e. The van der Waals surface area contributed by atoms with E-state index in [1.165, 1.54) is 18.2 Å². The van der Waals surface area contributed by atoms with Crippen LogP contribution in [0.25, 0.3) is 10.8 Å². The van der Waals surface area contributed by atoms with Crippen molar-refractivity contribution in [2.24, 2.45) is 0 Å². The largest absolute Gasteiger partial charge is 0.424 e. The van der Waals surface area contributed by atoms with E-state index >= 15 is 0 Å². The molecule has 0 aliphatic rings. The van der Waals surface area contributed by atoms with E-state index in [4.69, 9.17) is 10.5 Å². The first-order chi connectivity index (χ1) is 13.2. The van der Waals surface area contributed by atoms with Gasteiger partial charge in [0.25, 0.3) is 16.0 Å². The fourth-order valence-corrected chi connectivity index (χ4v) is 3.47. The molecule has 0 saturated heterocycles. The van der Waals surface area contributed by atoms with E-state index < -0.39 is 26.9 Å². The Kier molecular flexibility index (Phi) is 5.04. The van der Waals surface area contributed by atoms with Crippen LogP contribution in [0, 0.1) is 0 Å². The van der Waals surface area contributed by atoms with Gasteiger partial charge in [-0.3, -0.25) is 14.1 Å². The van der Waals surface area contributed by atoms with Crippen molar-refractivity contribution in [1.82, 2.24) is 0 Å². The number of carbonyl (C=O) groups excluding carboxylic acids is 2. The maximum Gasteiger partial charge on any atom is 0.308 e. The Labute approximate surface area is 160 Å². The number of amides is 1. The van der Waals surface area contributed by atoms with Gasteiger partial charge in [-0.15, -0.1) is 0 Å². The smallest absolute Gasteiger partial charge is 0.308 e. The minimum atomic E-state index is -4.61. The van der Waals surface area contributed by atoms with Crippen molar-refractivity contribution in [3.05, 3.63) is 60.2 Å². The van der Waals surface area contributed by atoms with Gasteiger partial charge in [-0.25, -0.2) is 0 Å². The topological polar surface area (TPSA) is 136 Å². The number of rotatable bonds is 4. The number of anilines is 2. The van der Waals surface area contributed by atoms with Gasteiger partial charge in [0.05, 0.1) is 5.69 Å². The molecule has 0 spiro atoms. The Morgan fingerprint density at radius 1 is 1.04 bits per heavy atom. The molecule has 3 aromatic rings. The summed E-state index contributed by atoms with van der Waals surface area (Å²) in [5.74, 6) is -1.47. The second-order valence-corrected chi connectivity index (χ2v) is 7.33. The molecule has 0 aromatic heterocycles. The van der Waals surface area contributed by atoms with Crippen molar-refractivity contribution < 1.29 is 27.3 Å². The number of esters is 1. The number of carbonyl (C=O) groups is 2. The van der Waals surface area contributed by atoms with E-state index in [0.717, 1.165) is 13.0 Å². The van der Waals surface area contributed by atoms with Crippen molar-refractivity contribution in [2.45, 2.75) is 11.8 Å². The average molecular weight is 400 g/mol. The van der Waals surface area contributed by atoms with Gasteiger partial charge in [0, 0.05) is 35.0 Å². The van der Waals surface area contributed by atoms with Crippen LogP contribution in [0.4, 0.5) is 11.4 Å². The average Bonchev–Trinajstić information content (AvgIpc) is 2.62. The van der Waals surface area contributed by atoms with Crippen LogP contribution in [-0.2, 0) is 14.9 Å². The molecule has 0 saturated carbocycles. The Bertz CT molecular complexity index is 1200. The van der Waals surface area contributed by atoms with Gasteiger partial charge in [0.2, 0.25) is 0 Å². The number of benzene rings is 3. The fourth-order valence-electron chi connectivity index (χ4n) is 2.76. The van der Waals surface area contributed by atoms with Gasteiger partial charge in [-0.1, -0.05) is 30.3 Å². The van der Waals surface area contributed by atoms with E-state index in [9.17, 15) is 22.6 Å². The van der Waals surface area contributed by atoms with Crippen molar-refractivity contribution >= 4 is 44.1 Å². The molecule has 0 unspecified atom stereocenters. The monoisotopic (exact) mass is 400 g/mol. The number of nitrogens with one attached hydrogen (secondary N) is 1. The second-order valence-electron chi connectivity index (χ2n) is 5.94. The summed E-state index contributed by atoms with van der Waals surface area (Å²) in [6.45, 7) is 1.13. The van der Waals surface area contributed by atoms with E-state index in [0.29, 0.717) is 5.69 Å². The van der Waals surface area contributed by atoms with Crippen LogP contribution in [0.1, 0.15) is 17.3 Å². The zero-order valence-corrected chi connectivity index (χ0v) is 15.5. The van der Waals surface area contributed by atoms with Crippen molar-refractivity contribution in [3.8, 4) is 5.75 Å². The molecular formula is C19H16N2O6S. The second kappa shape index (κ2) is 7.29. The molecule has 28 heavy (non-hydrogen) atoms. The molecule has 3 rings (SSSR count). The third-order valence-corrected chi connectivity index (χ3v) is 4.78. The maximum absolute atomic E-state index is 12.7. The van der Waals surface area contributed by atoms with Gasteiger partial charge < -0.3 is 15.8 Å². The molecule has 9 heteroatoms. The first-order valence-electron chi connectivity index (χ1n) is 8.05. The highest BCUT2D eigenvalue weighted by molar-refractivity contribution is 7.86. The van der Waals surface area contributed by atoms with Gasteiger partial charge in [-0.2, -0.15) is 8.42 Å². The van der Waals surface area contributed by atoms with Crippen LogP contribution >= 0.6 is 0 Å². The number of hydrogen-bond acceptors (Lipinski definition) is 6. The molecule has 1 amide bonds. The summed E-state index contributed by atoms with van der Waals surface area (Å²) in [6.07, 6.45) is 0. The quantitative estimate of drug-likeness (QED) is 0.265.